The van der Waals surface area contributed by atoms with Crippen molar-refractivity contribution in [2.75, 3.05) is 32.8 Å². The van der Waals surface area contributed by atoms with E-state index in [4.69, 9.17) is 10.6 Å². The predicted molar refractivity (Wildman–Crippen MR) is 82.2 cm³/mol. The summed E-state index contributed by atoms with van der Waals surface area (Å²) in [4.78, 5) is 38.0. The van der Waals surface area contributed by atoms with Gasteiger partial charge in [0.1, 0.15) is 5.75 Å². The van der Waals surface area contributed by atoms with Crippen LogP contribution >= 0.6 is 0 Å². The molecule has 2 rings (SSSR count). The van der Waals surface area contributed by atoms with Gasteiger partial charge in [-0.15, -0.1) is 0 Å². The lowest BCUT2D eigenvalue weighted by Crippen LogP contribution is -2.55. The smallest absolute Gasteiger partial charge is 0.323 e. The number of hydrogen-bond donors (Lipinski definition) is 2. The molecular formula is C15H20N4O4. The molecule has 0 atom stereocenters. The van der Waals surface area contributed by atoms with Gasteiger partial charge in [-0.05, 0) is 18.6 Å². The minimum atomic E-state index is -0.854. The monoisotopic (exact) mass is 320 g/mol. The van der Waals surface area contributed by atoms with Crippen molar-refractivity contribution in [1.82, 2.24) is 15.2 Å². The van der Waals surface area contributed by atoms with Crippen molar-refractivity contribution in [2.45, 2.75) is 6.92 Å². The van der Waals surface area contributed by atoms with Crippen molar-refractivity contribution in [3.63, 3.8) is 0 Å². The SMILES string of the molecule is Cc1ccccc1OCC(=O)N1CCN(C(=O)C(=O)NN)CC1. The zero-order chi connectivity index (χ0) is 16.8. The molecule has 1 aliphatic heterocycles. The highest BCUT2D eigenvalue weighted by molar-refractivity contribution is 6.34. The number of ether oxygens (including phenoxy) is 1. The van der Waals surface area contributed by atoms with Gasteiger partial charge in [0.2, 0.25) is 0 Å². The maximum absolute atomic E-state index is 12.1. The first-order valence-corrected chi connectivity index (χ1v) is 7.29. The molecule has 1 heterocycles. The van der Waals surface area contributed by atoms with Gasteiger partial charge in [0.25, 0.3) is 5.91 Å². The fourth-order valence-electron chi connectivity index (χ4n) is 2.31. The molecule has 3 amide bonds. The summed E-state index contributed by atoms with van der Waals surface area (Å²) in [5.74, 6) is 3.92. The number of hydrazine groups is 1. The summed E-state index contributed by atoms with van der Waals surface area (Å²) >= 11 is 0. The number of amides is 3. The highest BCUT2D eigenvalue weighted by Crippen LogP contribution is 2.16. The van der Waals surface area contributed by atoms with Crippen molar-refractivity contribution in [3.05, 3.63) is 29.8 Å². The van der Waals surface area contributed by atoms with E-state index in [0.717, 1.165) is 5.56 Å². The molecule has 1 aromatic carbocycles. The Balaban J connectivity index is 1.81. The van der Waals surface area contributed by atoms with Gasteiger partial charge >= 0.3 is 11.8 Å². The Morgan fingerprint density at radius 3 is 2.35 bits per heavy atom. The van der Waals surface area contributed by atoms with Crippen molar-refractivity contribution in [1.29, 1.82) is 0 Å². The number of nitrogens with two attached hydrogens (primary N) is 1. The number of carbonyl (C=O) groups is 3. The molecule has 0 bridgehead atoms. The fraction of sp³-hybridized carbons (Fsp3) is 0.400. The molecule has 1 aliphatic rings. The summed E-state index contributed by atoms with van der Waals surface area (Å²) in [6, 6.07) is 7.47. The standard InChI is InChI=1S/C15H20N4O4/c1-11-4-2-3-5-12(11)23-10-13(20)18-6-8-19(9-7-18)15(22)14(21)17-16/h2-5H,6-10,16H2,1H3,(H,17,21). The molecule has 0 aliphatic carbocycles. The fourth-order valence-corrected chi connectivity index (χ4v) is 2.31. The molecule has 1 aromatic rings. The van der Waals surface area contributed by atoms with Crippen LogP contribution in [0.3, 0.4) is 0 Å². The molecule has 0 saturated carbocycles. The van der Waals surface area contributed by atoms with Crippen molar-refractivity contribution in [3.8, 4) is 5.75 Å². The lowest BCUT2D eigenvalue weighted by Gasteiger charge is -2.34. The molecule has 1 saturated heterocycles. The average Bonchev–Trinajstić information content (AvgIpc) is 2.59. The van der Waals surface area contributed by atoms with Crippen LogP contribution in [0.25, 0.3) is 0 Å². The van der Waals surface area contributed by atoms with Crippen LogP contribution in [0.15, 0.2) is 24.3 Å². The summed E-state index contributed by atoms with van der Waals surface area (Å²) in [5, 5.41) is 0. The van der Waals surface area contributed by atoms with E-state index in [1.807, 2.05) is 36.6 Å². The van der Waals surface area contributed by atoms with Gasteiger partial charge in [-0.3, -0.25) is 19.8 Å². The Morgan fingerprint density at radius 1 is 1.13 bits per heavy atom. The normalized spacial score (nSPS) is 14.3. The number of carbonyl (C=O) groups excluding carboxylic acids is 3. The van der Waals surface area contributed by atoms with Crippen LogP contribution in [0.5, 0.6) is 5.75 Å². The van der Waals surface area contributed by atoms with Gasteiger partial charge in [0, 0.05) is 26.2 Å². The molecule has 124 valence electrons. The van der Waals surface area contributed by atoms with Crippen LogP contribution in [0.1, 0.15) is 5.56 Å². The summed E-state index contributed by atoms with van der Waals surface area (Å²) in [6.07, 6.45) is 0. The van der Waals surface area contributed by atoms with Crippen LogP contribution in [0.2, 0.25) is 0 Å². The number of rotatable bonds is 3. The number of para-hydroxylation sites is 1. The topological polar surface area (TPSA) is 105 Å². The van der Waals surface area contributed by atoms with Crippen LogP contribution < -0.4 is 16.0 Å². The molecular weight excluding hydrogens is 300 g/mol. The number of benzene rings is 1. The summed E-state index contributed by atoms with van der Waals surface area (Å²) < 4.78 is 5.53. The molecule has 0 spiro atoms. The minimum Gasteiger partial charge on any atom is -0.484 e. The van der Waals surface area contributed by atoms with Crippen LogP contribution in [-0.4, -0.2) is 60.3 Å². The van der Waals surface area contributed by atoms with Gasteiger partial charge in [-0.25, -0.2) is 5.84 Å². The van der Waals surface area contributed by atoms with Gasteiger partial charge in [0.15, 0.2) is 6.61 Å². The summed E-state index contributed by atoms with van der Waals surface area (Å²) in [7, 11) is 0. The third kappa shape index (κ3) is 4.19. The molecule has 23 heavy (non-hydrogen) atoms. The molecule has 0 aromatic heterocycles. The van der Waals surface area contributed by atoms with Gasteiger partial charge in [0.05, 0.1) is 0 Å². The number of piperazine rings is 1. The Bertz CT molecular complexity index is 597. The van der Waals surface area contributed by atoms with E-state index >= 15 is 0 Å². The third-order valence-electron chi connectivity index (χ3n) is 3.69. The van der Waals surface area contributed by atoms with E-state index in [1.165, 1.54) is 4.90 Å². The first kappa shape index (κ1) is 16.8. The third-order valence-corrected chi connectivity index (χ3v) is 3.69. The minimum absolute atomic E-state index is 0.0535. The Kier molecular flexibility index (Phi) is 5.53. The second kappa shape index (κ2) is 7.59. The highest BCUT2D eigenvalue weighted by Gasteiger charge is 2.27. The second-order valence-electron chi connectivity index (χ2n) is 5.20. The molecule has 8 nitrogen and oxygen atoms in total. The second-order valence-corrected chi connectivity index (χ2v) is 5.20. The predicted octanol–water partition coefficient (Wildman–Crippen LogP) is -0.965. The van der Waals surface area contributed by atoms with Crippen LogP contribution in [0, 0.1) is 6.92 Å². The Labute approximate surface area is 134 Å². The van der Waals surface area contributed by atoms with Crippen LogP contribution in [0.4, 0.5) is 0 Å². The maximum atomic E-state index is 12.1. The van der Waals surface area contributed by atoms with E-state index in [-0.39, 0.29) is 12.5 Å². The molecule has 0 radical (unpaired) electrons. The zero-order valence-corrected chi connectivity index (χ0v) is 12.9. The molecule has 3 N–H and O–H groups in total. The van der Waals surface area contributed by atoms with Crippen molar-refractivity contribution in [2.24, 2.45) is 5.84 Å². The van der Waals surface area contributed by atoms with Crippen LogP contribution in [-0.2, 0) is 14.4 Å². The maximum Gasteiger partial charge on any atom is 0.323 e. The highest BCUT2D eigenvalue weighted by atomic mass is 16.5. The zero-order valence-electron chi connectivity index (χ0n) is 12.9. The first-order valence-electron chi connectivity index (χ1n) is 7.29. The first-order chi connectivity index (χ1) is 11.0. The van der Waals surface area contributed by atoms with E-state index in [0.29, 0.717) is 31.9 Å². The average molecular weight is 320 g/mol. The van der Waals surface area contributed by atoms with Crippen molar-refractivity contribution >= 4 is 17.7 Å². The number of aryl methyl sites for hydroxylation is 1. The Hall–Kier alpha value is -2.61. The van der Waals surface area contributed by atoms with E-state index in [2.05, 4.69) is 0 Å². The summed E-state index contributed by atoms with van der Waals surface area (Å²) in [5.41, 5.74) is 2.77. The van der Waals surface area contributed by atoms with Gasteiger partial charge in [-0.1, -0.05) is 18.2 Å². The number of hydrogen-bond acceptors (Lipinski definition) is 5. The number of nitrogens with zero attached hydrogens (tertiary/aromatic N) is 2. The molecule has 8 heteroatoms. The molecule has 0 unspecified atom stereocenters. The van der Waals surface area contributed by atoms with Gasteiger partial charge < -0.3 is 14.5 Å². The van der Waals surface area contributed by atoms with E-state index < -0.39 is 11.8 Å². The Morgan fingerprint density at radius 2 is 1.74 bits per heavy atom. The quantitative estimate of drug-likeness (QED) is 0.323. The van der Waals surface area contributed by atoms with Gasteiger partial charge in [-0.2, -0.15) is 0 Å². The molecule has 1 fully saturated rings. The summed E-state index contributed by atoms with van der Waals surface area (Å²) in [6.45, 7) is 3.17. The number of nitrogens with one attached hydrogen (secondary N) is 1. The lowest BCUT2D eigenvalue weighted by molar-refractivity contribution is -0.148. The van der Waals surface area contributed by atoms with E-state index in [9.17, 15) is 14.4 Å². The van der Waals surface area contributed by atoms with E-state index in [1.54, 1.807) is 4.90 Å². The van der Waals surface area contributed by atoms with Crippen molar-refractivity contribution < 1.29 is 19.1 Å². The largest absolute Gasteiger partial charge is 0.484 e. The lowest BCUT2D eigenvalue weighted by atomic mass is 10.2.